The molecular formula is C18H17BrN4O3. The maximum Gasteiger partial charge on any atom is 0.332 e. The first-order valence-corrected chi connectivity index (χ1v) is 8.71. The Bertz CT molecular complexity index is 1120. The zero-order valence-corrected chi connectivity index (χ0v) is 16.1. The van der Waals surface area contributed by atoms with Crippen molar-refractivity contribution in [1.82, 2.24) is 19.4 Å². The molecule has 0 bridgehead atoms. The van der Waals surface area contributed by atoms with Gasteiger partial charge in [-0.15, -0.1) is 0 Å². The zero-order chi connectivity index (χ0) is 19.0. The molecule has 2 aromatic heterocycles. The molecule has 26 heavy (non-hydrogen) atoms. The van der Waals surface area contributed by atoms with Crippen LogP contribution in [0.15, 0.2) is 50.6 Å². The van der Waals surface area contributed by atoms with E-state index in [1.807, 2.05) is 31.2 Å². The van der Waals surface area contributed by atoms with E-state index < -0.39 is 11.2 Å². The lowest BCUT2D eigenvalue weighted by Crippen LogP contribution is -2.37. The van der Waals surface area contributed by atoms with Gasteiger partial charge in [-0.25, -0.2) is 9.78 Å². The Morgan fingerprint density at radius 1 is 1.15 bits per heavy atom. The van der Waals surface area contributed by atoms with E-state index in [4.69, 9.17) is 0 Å². The Morgan fingerprint density at radius 2 is 1.81 bits per heavy atom. The number of benzene rings is 1. The summed E-state index contributed by atoms with van der Waals surface area (Å²) < 4.78 is 3.24. The number of halogens is 1. The van der Waals surface area contributed by atoms with Crippen LogP contribution < -0.4 is 16.6 Å². The normalized spacial score (nSPS) is 12.2. The van der Waals surface area contributed by atoms with Gasteiger partial charge in [-0.05, 0) is 30.7 Å². The molecule has 0 radical (unpaired) electrons. The molecule has 3 aromatic rings. The predicted molar refractivity (Wildman–Crippen MR) is 102 cm³/mol. The van der Waals surface area contributed by atoms with Crippen molar-refractivity contribution in [3.63, 3.8) is 0 Å². The van der Waals surface area contributed by atoms with E-state index in [1.165, 1.54) is 30.9 Å². The molecule has 0 aliphatic carbocycles. The lowest BCUT2D eigenvalue weighted by molar-refractivity contribution is 0.0939. The number of nitrogens with one attached hydrogen (secondary N) is 1. The number of rotatable bonds is 3. The fraction of sp³-hybridized carbons (Fsp3) is 0.222. The monoisotopic (exact) mass is 416 g/mol. The van der Waals surface area contributed by atoms with E-state index in [0.29, 0.717) is 0 Å². The Kier molecular flexibility index (Phi) is 4.78. The second-order valence-corrected chi connectivity index (χ2v) is 6.96. The van der Waals surface area contributed by atoms with Crippen LogP contribution in [-0.2, 0) is 14.1 Å². The molecule has 0 aliphatic rings. The summed E-state index contributed by atoms with van der Waals surface area (Å²) in [6.07, 6.45) is 1.37. The van der Waals surface area contributed by atoms with Crippen LogP contribution in [0.3, 0.4) is 0 Å². The Balaban J connectivity index is 1.95. The number of aryl methyl sites for hydroxylation is 1. The van der Waals surface area contributed by atoms with E-state index in [-0.39, 0.29) is 28.5 Å². The van der Waals surface area contributed by atoms with E-state index in [0.717, 1.165) is 14.6 Å². The quantitative estimate of drug-likeness (QED) is 0.705. The molecule has 0 saturated heterocycles. The molecule has 0 fully saturated rings. The van der Waals surface area contributed by atoms with Crippen molar-refractivity contribution in [2.75, 3.05) is 0 Å². The largest absolute Gasteiger partial charge is 0.345 e. The van der Waals surface area contributed by atoms with Gasteiger partial charge in [-0.2, -0.15) is 0 Å². The summed E-state index contributed by atoms with van der Waals surface area (Å²) in [6.45, 7) is 1.87. The van der Waals surface area contributed by atoms with Crippen molar-refractivity contribution >= 4 is 32.9 Å². The molecule has 3 rings (SSSR count). The van der Waals surface area contributed by atoms with E-state index in [2.05, 4.69) is 26.2 Å². The highest BCUT2D eigenvalue weighted by Gasteiger charge is 2.15. The second kappa shape index (κ2) is 6.87. The summed E-state index contributed by atoms with van der Waals surface area (Å²) in [6, 6.07) is 8.89. The Hall–Kier alpha value is -2.74. The van der Waals surface area contributed by atoms with Crippen LogP contribution in [0.4, 0.5) is 0 Å². The summed E-state index contributed by atoms with van der Waals surface area (Å²) in [5, 5.41) is 3.11. The molecule has 2 heterocycles. The summed E-state index contributed by atoms with van der Waals surface area (Å²) in [4.78, 5) is 41.0. The molecule has 1 amide bonds. The predicted octanol–water partition coefficient (Wildman–Crippen LogP) is 1.89. The second-order valence-electron chi connectivity index (χ2n) is 6.05. The molecule has 0 spiro atoms. The SMILES string of the molecule is CC(NC(=O)c1cnc2c(c1)c(=O)n(C)c(=O)n2C)c1ccc(Br)cc1. The fourth-order valence-electron chi connectivity index (χ4n) is 2.70. The topological polar surface area (TPSA) is 86.0 Å². The molecule has 7 nitrogen and oxygen atoms in total. The van der Waals surface area contributed by atoms with E-state index in [9.17, 15) is 14.4 Å². The first kappa shape index (κ1) is 18.1. The number of amides is 1. The van der Waals surface area contributed by atoms with E-state index in [1.54, 1.807) is 0 Å². The third kappa shape index (κ3) is 3.20. The number of hydrogen-bond donors (Lipinski definition) is 1. The smallest absolute Gasteiger partial charge is 0.332 e. The van der Waals surface area contributed by atoms with Gasteiger partial charge >= 0.3 is 5.69 Å². The Morgan fingerprint density at radius 3 is 2.46 bits per heavy atom. The summed E-state index contributed by atoms with van der Waals surface area (Å²) in [5.74, 6) is -0.342. The lowest BCUT2D eigenvalue weighted by Gasteiger charge is -2.15. The number of carbonyl (C=O) groups excluding carboxylic acids is 1. The number of hydrogen-bond acceptors (Lipinski definition) is 4. The molecule has 1 N–H and O–H groups in total. The number of aromatic nitrogens is 3. The summed E-state index contributed by atoms with van der Waals surface area (Å²) >= 11 is 3.38. The average molecular weight is 417 g/mol. The van der Waals surface area contributed by atoms with Gasteiger partial charge in [0.15, 0.2) is 0 Å². The van der Waals surface area contributed by atoms with Gasteiger partial charge in [0.25, 0.3) is 11.5 Å². The van der Waals surface area contributed by atoms with Gasteiger partial charge in [0.1, 0.15) is 5.65 Å². The minimum atomic E-state index is -0.480. The molecule has 1 unspecified atom stereocenters. The van der Waals surface area contributed by atoms with E-state index >= 15 is 0 Å². The van der Waals surface area contributed by atoms with Crippen LogP contribution in [-0.4, -0.2) is 20.0 Å². The number of pyridine rings is 1. The Labute approximate surface area is 157 Å². The highest BCUT2D eigenvalue weighted by Crippen LogP contribution is 2.17. The van der Waals surface area contributed by atoms with Gasteiger partial charge < -0.3 is 5.32 Å². The fourth-order valence-corrected chi connectivity index (χ4v) is 2.97. The standard InChI is InChI=1S/C18H17BrN4O3/c1-10(11-4-6-13(19)7-5-11)21-16(24)12-8-14-15(20-9-12)22(2)18(26)23(3)17(14)25/h4-10H,1-3H3,(H,21,24). The van der Waals surface area contributed by atoms with Gasteiger partial charge in [0.2, 0.25) is 0 Å². The van der Waals surface area contributed by atoms with Crippen LogP contribution in [0.5, 0.6) is 0 Å². The first-order valence-electron chi connectivity index (χ1n) is 7.91. The molecule has 1 atom stereocenters. The molecule has 8 heteroatoms. The molecule has 1 aromatic carbocycles. The number of nitrogens with zero attached hydrogens (tertiary/aromatic N) is 3. The van der Waals surface area contributed by atoms with Gasteiger partial charge in [0.05, 0.1) is 17.0 Å². The highest BCUT2D eigenvalue weighted by atomic mass is 79.9. The maximum absolute atomic E-state index is 12.5. The highest BCUT2D eigenvalue weighted by molar-refractivity contribution is 9.10. The number of fused-ring (bicyclic) bond motifs is 1. The molecular weight excluding hydrogens is 400 g/mol. The molecule has 0 saturated carbocycles. The van der Waals surface area contributed by atoms with Crippen LogP contribution in [0.1, 0.15) is 28.9 Å². The van der Waals surface area contributed by atoms with Crippen molar-refractivity contribution in [3.8, 4) is 0 Å². The van der Waals surface area contributed by atoms with Crippen LogP contribution >= 0.6 is 15.9 Å². The number of carbonyl (C=O) groups is 1. The first-order chi connectivity index (χ1) is 12.3. The van der Waals surface area contributed by atoms with Crippen LogP contribution in [0, 0.1) is 0 Å². The molecule has 0 aliphatic heterocycles. The minimum absolute atomic E-state index is 0.214. The van der Waals surface area contributed by atoms with Crippen molar-refractivity contribution in [2.45, 2.75) is 13.0 Å². The zero-order valence-electron chi connectivity index (χ0n) is 14.5. The third-order valence-electron chi connectivity index (χ3n) is 4.27. The van der Waals surface area contributed by atoms with Crippen molar-refractivity contribution in [2.24, 2.45) is 14.1 Å². The van der Waals surface area contributed by atoms with Gasteiger partial charge in [-0.3, -0.25) is 18.7 Å². The summed E-state index contributed by atoms with van der Waals surface area (Å²) in [5.41, 5.74) is 0.517. The average Bonchev–Trinajstić information content (AvgIpc) is 2.64. The lowest BCUT2D eigenvalue weighted by atomic mass is 10.1. The maximum atomic E-state index is 12.5. The molecule has 134 valence electrons. The third-order valence-corrected chi connectivity index (χ3v) is 4.80. The summed E-state index contributed by atoms with van der Waals surface area (Å²) in [7, 11) is 2.93. The van der Waals surface area contributed by atoms with Gasteiger partial charge in [0, 0.05) is 24.8 Å². The van der Waals surface area contributed by atoms with Crippen LogP contribution in [0.25, 0.3) is 11.0 Å². The minimum Gasteiger partial charge on any atom is -0.345 e. The van der Waals surface area contributed by atoms with Crippen molar-refractivity contribution in [1.29, 1.82) is 0 Å². The van der Waals surface area contributed by atoms with Crippen molar-refractivity contribution in [3.05, 3.63) is 73.0 Å². The van der Waals surface area contributed by atoms with Crippen molar-refractivity contribution < 1.29 is 4.79 Å². The van der Waals surface area contributed by atoms with Crippen LogP contribution in [0.2, 0.25) is 0 Å². The van der Waals surface area contributed by atoms with Gasteiger partial charge in [-0.1, -0.05) is 28.1 Å².